The molecule has 0 radical (unpaired) electrons. The number of carbonyl (C=O) groups is 1. The maximum atomic E-state index is 13.3. The Morgan fingerprint density at radius 1 is 1.33 bits per heavy atom. The summed E-state index contributed by atoms with van der Waals surface area (Å²) in [5, 5.41) is 4.71. The lowest BCUT2D eigenvalue weighted by atomic mass is 9.90. The summed E-state index contributed by atoms with van der Waals surface area (Å²) in [5.41, 5.74) is 9.18. The molecule has 0 saturated carbocycles. The molecule has 1 amide bonds. The molecule has 1 aromatic carbocycles. The number of hydrogen-bond donors (Lipinski definition) is 1. The van der Waals surface area contributed by atoms with Crippen molar-refractivity contribution in [2.24, 2.45) is 11.1 Å². The fourth-order valence-electron chi connectivity index (χ4n) is 3.55. The average Bonchev–Trinajstić information content (AvgIpc) is 3.25. The molecule has 27 heavy (non-hydrogen) atoms. The summed E-state index contributed by atoms with van der Waals surface area (Å²) >= 11 is 0. The summed E-state index contributed by atoms with van der Waals surface area (Å²) < 4.78 is 5.37. The van der Waals surface area contributed by atoms with E-state index in [0.29, 0.717) is 47.7 Å². The van der Waals surface area contributed by atoms with Crippen molar-refractivity contribution in [3.8, 4) is 11.3 Å². The predicted molar refractivity (Wildman–Crippen MR) is 107 cm³/mol. The quantitative estimate of drug-likeness (QED) is 0.745. The fraction of sp³-hybridized carbons (Fsp3) is 0.350. The first-order valence-corrected chi connectivity index (χ1v) is 8.82. The molecular weight excluding hydrogens is 364 g/mol. The molecule has 6 nitrogen and oxygen atoms in total. The molecular formula is C20H23ClN4O2. The van der Waals surface area contributed by atoms with Gasteiger partial charge in [0, 0.05) is 18.7 Å². The first kappa shape index (κ1) is 19.3. The molecule has 3 heterocycles. The van der Waals surface area contributed by atoms with Crippen LogP contribution in [0.25, 0.3) is 22.4 Å². The van der Waals surface area contributed by atoms with Crippen LogP contribution in [0.15, 0.2) is 40.9 Å². The van der Waals surface area contributed by atoms with Gasteiger partial charge in [-0.2, -0.15) is 0 Å². The fourth-order valence-corrected chi connectivity index (χ4v) is 3.55. The van der Waals surface area contributed by atoms with Crippen molar-refractivity contribution in [2.75, 3.05) is 19.6 Å². The van der Waals surface area contributed by atoms with Crippen molar-refractivity contribution in [3.63, 3.8) is 0 Å². The van der Waals surface area contributed by atoms with E-state index in [-0.39, 0.29) is 23.7 Å². The molecule has 7 heteroatoms. The first-order chi connectivity index (χ1) is 12.5. The Bertz CT molecular complexity index is 973. The number of halogens is 1. The number of hydrogen-bond acceptors (Lipinski definition) is 5. The molecule has 142 valence electrons. The number of amides is 1. The summed E-state index contributed by atoms with van der Waals surface area (Å²) in [7, 11) is 0. The highest BCUT2D eigenvalue weighted by molar-refractivity contribution is 6.07. The lowest BCUT2D eigenvalue weighted by Gasteiger charge is -2.22. The summed E-state index contributed by atoms with van der Waals surface area (Å²) in [6, 6.07) is 11.6. The molecule has 1 aliphatic rings. The molecule has 1 saturated heterocycles. The van der Waals surface area contributed by atoms with Gasteiger partial charge in [-0.3, -0.25) is 4.79 Å². The molecule has 0 spiro atoms. The van der Waals surface area contributed by atoms with Crippen LogP contribution in [-0.4, -0.2) is 40.6 Å². The normalized spacial score (nSPS) is 19.3. The van der Waals surface area contributed by atoms with Crippen LogP contribution in [0.1, 0.15) is 29.4 Å². The maximum absolute atomic E-state index is 13.3. The molecule has 3 aromatic rings. The SMILES string of the molecule is Cc1noc2nc(-c3ccccc3)cc(C(=O)N3CCC(C)(CN)C3)c12.Cl. The molecule has 2 N–H and O–H groups in total. The van der Waals surface area contributed by atoms with E-state index >= 15 is 0 Å². The number of benzene rings is 1. The number of aryl methyl sites for hydroxylation is 1. The molecule has 4 rings (SSSR count). The van der Waals surface area contributed by atoms with E-state index in [1.54, 1.807) is 0 Å². The molecule has 2 aromatic heterocycles. The summed E-state index contributed by atoms with van der Waals surface area (Å²) in [4.78, 5) is 19.7. The summed E-state index contributed by atoms with van der Waals surface area (Å²) in [6.07, 6.45) is 0.914. The lowest BCUT2D eigenvalue weighted by molar-refractivity contribution is 0.0778. The zero-order chi connectivity index (χ0) is 18.3. The van der Waals surface area contributed by atoms with E-state index in [9.17, 15) is 4.79 Å². The van der Waals surface area contributed by atoms with Crippen LogP contribution in [0, 0.1) is 12.3 Å². The second-order valence-electron chi connectivity index (χ2n) is 7.36. The number of fused-ring (bicyclic) bond motifs is 1. The zero-order valence-corrected chi connectivity index (χ0v) is 16.3. The average molecular weight is 387 g/mol. The van der Waals surface area contributed by atoms with Crippen molar-refractivity contribution in [3.05, 3.63) is 47.7 Å². The van der Waals surface area contributed by atoms with Gasteiger partial charge in [0.25, 0.3) is 11.6 Å². The van der Waals surface area contributed by atoms with Gasteiger partial charge in [-0.1, -0.05) is 42.4 Å². The second-order valence-corrected chi connectivity index (χ2v) is 7.36. The van der Waals surface area contributed by atoms with Crippen LogP contribution >= 0.6 is 12.4 Å². The number of likely N-dealkylation sites (tertiary alicyclic amines) is 1. The van der Waals surface area contributed by atoms with Crippen LogP contribution in [0.3, 0.4) is 0 Å². The standard InChI is InChI=1S/C20H22N4O2.ClH/c1-13-17-15(19(25)24-9-8-20(2,11-21)12-24)10-16(22-18(17)26-23-13)14-6-4-3-5-7-14;/h3-7,10H,8-9,11-12,21H2,1-2H3;1H. The molecule has 1 fully saturated rings. The van der Waals surface area contributed by atoms with E-state index in [0.717, 1.165) is 12.0 Å². The Hall–Kier alpha value is -2.44. The topological polar surface area (TPSA) is 85.2 Å². The Kier molecular flexibility index (Phi) is 5.22. The van der Waals surface area contributed by atoms with E-state index in [1.807, 2.05) is 48.2 Å². The molecule has 0 aliphatic carbocycles. The third kappa shape index (κ3) is 3.42. The van der Waals surface area contributed by atoms with Crippen LogP contribution in [-0.2, 0) is 0 Å². The monoisotopic (exact) mass is 386 g/mol. The number of rotatable bonds is 3. The van der Waals surface area contributed by atoms with Crippen LogP contribution in [0.5, 0.6) is 0 Å². The smallest absolute Gasteiger partial charge is 0.259 e. The number of aromatic nitrogens is 2. The van der Waals surface area contributed by atoms with E-state index < -0.39 is 0 Å². The number of nitrogens with zero attached hydrogens (tertiary/aromatic N) is 3. The maximum Gasteiger partial charge on any atom is 0.259 e. The van der Waals surface area contributed by atoms with Crippen molar-refractivity contribution >= 4 is 29.4 Å². The van der Waals surface area contributed by atoms with Gasteiger partial charge >= 0.3 is 0 Å². The van der Waals surface area contributed by atoms with Gasteiger partial charge in [-0.15, -0.1) is 12.4 Å². The molecule has 1 unspecified atom stereocenters. The largest absolute Gasteiger partial charge is 0.338 e. The highest BCUT2D eigenvalue weighted by Gasteiger charge is 2.36. The predicted octanol–water partition coefficient (Wildman–Crippen LogP) is 3.43. The number of carbonyl (C=O) groups excluding carboxylic acids is 1. The highest BCUT2D eigenvalue weighted by Crippen LogP contribution is 2.32. The van der Waals surface area contributed by atoms with Crippen LogP contribution in [0.2, 0.25) is 0 Å². The molecule has 1 atom stereocenters. The Balaban J connectivity index is 0.00000210. The summed E-state index contributed by atoms with van der Waals surface area (Å²) in [6.45, 7) is 5.91. The Morgan fingerprint density at radius 3 is 2.74 bits per heavy atom. The lowest BCUT2D eigenvalue weighted by Crippen LogP contribution is -2.34. The second kappa shape index (κ2) is 7.29. The van der Waals surface area contributed by atoms with Gasteiger partial charge in [0.05, 0.1) is 22.3 Å². The van der Waals surface area contributed by atoms with E-state index in [2.05, 4.69) is 17.1 Å². The van der Waals surface area contributed by atoms with Crippen LogP contribution < -0.4 is 5.73 Å². The van der Waals surface area contributed by atoms with Gasteiger partial charge in [0.2, 0.25) is 0 Å². The zero-order valence-electron chi connectivity index (χ0n) is 15.4. The van der Waals surface area contributed by atoms with Crippen molar-refractivity contribution in [1.82, 2.24) is 15.0 Å². The number of nitrogens with two attached hydrogens (primary N) is 1. The highest BCUT2D eigenvalue weighted by atomic mass is 35.5. The van der Waals surface area contributed by atoms with Crippen molar-refractivity contribution in [2.45, 2.75) is 20.3 Å². The minimum Gasteiger partial charge on any atom is -0.338 e. The van der Waals surface area contributed by atoms with Gasteiger partial charge in [-0.25, -0.2) is 4.98 Å². The molecule has 0 bridgehead atoms. The summed E-state index contributed by atoms with van der Waals surface area (Å²) in [5.74, 6) is -0.0157. The van der Waals surface area contributed by atoms with Crippen molar-refractivity contribution < 1.29 is 9.32 Å². The minimum absolute atomic E-state index is 0. The van der Waals surface area contributed by atoms with Gasteiger partial charge in [0.1, 0.15) is 0 Å². The third-order valence-corrected chi connectivity index (χ3v) is 5.25. The number of pyridine rings is 1. The van der Waals surface area contributed by atoms with Crippen molar-refractivity contribution in [1.29, 1.82) is 0 Å². The van der Waals surface area contributed by atoms with E-state index in [1.165, 1.54) is 0 Å². The van der Waals surface area contributed by atoms with E-state index in [4.69, 9.17) is 10.3 Å². The molecule has 1 aliphatic heterocycles. The Morgan fingerprint density at radius 2 is 2.07 bits per heavy atom. The van der Waals surface area contributed by atoms with Gasteiger partial charge in [-0.05, 0) is 31.4 Å². The Labute approximate surface area is 164 Å². The third-order valence-electron chi connectivity index (χ3n) is 5.25. The van der Waals surface area contributed by atoms with Gasteiger partial charge in [0.15, 0.2) is 0 Å². The van der Waals surface area contributed by atoms with Crippen LogP contribution in [0.4, 0.5) is 0 Å². The van der Waals surface area contributed by atoms with Gasteiger partial charge < -0.3 is 15.2 Å². The first-order valence-electron chi connectivity index (χ1n) is 8.82. The minimum atomic E-state index is -0.0201.